The molecule has 0 bridgehead atoms. The number of hydrogen-bond acceptors (Lipinski definition) is 16. The van der Waals surface area contributed by atoms with Crippen molar-refractivity contribution < 1.29 is 52.7 Å². The number of allylic oxidation sites excluding steroid dienone is 6. The van der Waals surface area contributed by atoms with Crippen molar-refractivity contribution in [3.63, 3.8) is 0 Å². The standard InChI is InChI=1S/C19H24N4O2.C19H22N2O2.2C18H20N2O3.C18H22N2O2.C14H19N3O2/c1-12-6-11-15(17(24)20-12)23-18(25)22(5)16(21-23)13-7-9-14(10-8-13)19(2,3)4;1-12-5-8-16(17(22)20-12)21-10-9-13-11-14(19(2,3)4)6-7-15(13)18(21)23;1-10-5-8-14(15(21)19-10)20-16(22)12-7-6-11(18(2,3)4)9-13(12)17(20)23;1-10-8-9-13(15(21)19-10)20-16(22)11-6-5-7-12(18(2,3)4)14(11)17(20)23;1-11-8-9-15(16(21)19-11)20-10-13-12(17(20)22)6-5-7-14(13)18(2,3)4;1-9-5-6-11(13(19)16-9)17-12(18)7-10(8-15-17)14(2,3)4/h7-10,15H,1,6,11H2,2-5H3,(H,20,24);6-7,9-11,16H,1,5,8H2,2-4H3,(H,20,22);6-7,9,14H,1,5,8H2,2-4H3,(H,19,21);5-7,13H,1,8-9H2,2-4H3,(H,19,21);5-7,15H,1,8-10H2,2-4H3,(H,19,21);7-8,11H,1,5-6H2,2-4H3,(H,16,19). The van der Waals surface area contributed by atoms with Crippen molar-refractivity contribution in [1.29, 1.82) is 0 Å². The Morgan fingerprint density at radius 2 is 0.756 bits per heavy atom. The van der Waals surface area contributed by atoms with E-state index in [1.807, 2.05) is 117 Å². The first-order valence-electron chi connectivity index (χ1n) is 45.8. The van der Waals surface area contributed by atoms with Gasteiger partial charge in [0, 0.05) is 76.6 Å². The molecular formula is C106H127N15O14. The van der Waals surface area contributed by atoms with E-state index in [1.54, 1.807) is 59.2 Å². The maximum absolute atomic E-state index is 12.9. The molecule has 6 atom stereocenters. The lowest BCUT2D eigenvalue weighted by Crippen LogP contribution is -2.51. The number of imide groups is 2. The van der Waals surface area contributed by atoms with Crippen molar-refractivity contribution in [3.05, 3.63) is 293 Å². The number of rotatable bonds is 7. The molecule has 5 aromatic carbocycles. The molecule has 9 aliphatic rings. The van der Waals surface area contributed by atoms with Crippen molar-refractivity contribution >= 4 is 75.8 Å². The van der Waals surface area contributed by atoms with Crippen LogP contribution in [0.15, 0.2) is 210 Å². The summed E-state index contributed by atoms with van der Waals surface area (Å²) in [7, 11) is 1.68. The summed E-state index contributed by atoms with van der Waals surface area (Å²) in [4.78, 5) is 178. The van der Waals surface area contributed by atoms with E-state index in [2.05, 4.69) is 168 Å². The number of piperidine rings is 6. The number of aromatic nitrogens is 6. The van der Waals surface area contributed by atoms with Gasteiger partial charge in [-0.2, -0.15) is 5.10 Å². The van der Waals surface area contributed by atoms with Gasteiger partial charge in [0.1, 0.15) is 36.3 Å². The maximum Gasteiger partial charge on any atom is 0.346 e. The average Bonchev–Trinajstić information content (AvgIpc) is 1.61. The predicted molar refractivity (Wildman–Crippen MR) is 520 cm³/mol. The summed E-state index contributed by atoms with van der Waals surface area (Å²) in [5.74, 6) is -2.41. The fraction of sp³-hybridized carbons (Fsp3) is 0.415. The first-order chi connectivity index (χ1) is 62.9. The van der Waals surface area contributed by atoms with Gasteiger partial charge in [0.05, 0.1) is 28.5 Å². The Bertz CT molecular complexity index is 6460. The summed E-state index contributed by atoms with van der Waals surface area (Å²) < 4.78 is 5.58. The van der Waals surface area contributed by atoms with Gasteiger partial charge in [-0.05, 0) is 190 Å². The molecule has 710 valence electrons. The molecule has 6 saturated heterocycles. The van der Waals surface area contributed by atoms with Gasteiger partial charge in [0.15, 0.2) is 5.82 Å². The van der Waals surface area contributed by atoms with Crippen LogP contribution < -0.4 is 48.7 Å². The second-order valence-corrected chi connectivity index (χ2v) is 42.1. The van der Waals surface area contributed by atoms with Crippen molar-refractivity contribution in [1.82, 2.24) is 75.3 Å². The zero-order chi connectivity index (χ0) is 99.3. The van der Waals surface area contributed by atoms with E-state index in [0.29, 0.717) is 133 Å². The quantitative estimate of drug-likeness (QED) is 0.0807. The van der Waals surface area contributed by atoms with Gasteiger partial charge in [-0.1, -0.05) is 231 Å². The summed E-state index contributed by atoms with van der Waals surface area (Å²) in [5, 5.41) is 26.3. The molecule has 0 spiro atoms. The molecule has 29 heteroatoms. The van der Waals surface area contributed by atoms with Crippen LogP contribution in [0.25, 0.3) is 22.2 Å². The van der Waals surface area contributed by atoms with E-state index in [0.717, 1.165) is 66.4 Å². The third kappa shape index (κ3) is 21.7. The molecule has 12 heterocycles. The molecule has 8 aromatic rings. The highest BCUT2D eigenvalue weighted by Gasteiger charge is 2.48. The minimum atomic E-state index is -0.763. The molecule has 0 aliphatic carbocycles. The van der Waals surface area contributed by atoms with Crippen molar-refractivity contribution in [2.24, 2.45) is 7.05 Å². The zero-order valence-electron chi connectivity index (χ0n) is 81.2. The molecule has 3 aromatic heterocycles. The first kappa shape index (κ1) is 100. The molecule has 17 rings (SSSR count). The van der Waals surface area contributed by atoms with Gasteiger partial charge in [0.2, 0.25) is 35.4 Å². The van der Waals surface area contributed by atoms with E-state index in [4.69, 9.17) is 0 Å². The molecule has 135 heavy (non-hydrogen) atoms. The molecule has 9 aliphatic heterocycles. The fourth-order valence-corrected chi connectivity index (χ4v) is 17.7. The van der Waals surface area contributed by atoms with Gasteiger partial charge in [-0.3, -0.25) is 76.7 Å². The highest BCUT2D eigenvalue weighted by molar-refractivity contribution is 6.24. The van der Waals surface area contributed by atoms with Crippen LogP contribution in [0.4, 0.5) is 0 Å². The monoisotopic (exact) mass is 1830 g/mol. The van der Waals surface area contributed by atoms with E-state index < -0.39 is 42.2 Å². The summed E-state index contributed by atoms with van der Waals surface area (Å²) in [6.07, 6.45) is 10.5. The number of nitrogens with one attached hydrogen (secondary N) is 6. The highest BCUT2D eigenvalue weighted by atomic mass is 16.2. The molecular weight excluding hydrogens is 1710 g/mol. The van der Waals surface area contributed by atoms with Crippen molar-refractivity contribution in [2.45, 2.75) is 277 Å². The Morgan fingerprint density at radius 1 is 0.356 bits per heavy atom. The number of carbonyl (C=O) groups excluding carboxylic acids is 11. The zero-order valence-corrected chi connectivity index (χ0v) is 81.2. The number of fused-ring (bicyclic) bond motifs is 4. The van der Waals surface area contributed by atoms with Crippen LogP contribution in [0.3, 0.4) is 0 Å². The largest absolute Gasteiger partial charge is 0.346 e. The number of hydrogen-bond donors (Lipinski definition) is 6. The molecule has 0 saturated carbocycles. The molecule has 6 N–H and O–H groups in total. The molecule has 29 nitrogen and oxygen atoms in total. The Labute approximate surface area is 788 Å². The topological polar surface area (TPSA) is 366 Å². The number of amides is 11. The number of nitrogens with zero attached hydrogens (tertiary/aromatic N) is 9. The van der Waals surface area contributed by atoms with Crippen LogP contribution in [0.1, 0.15) is 311 Å². The van der Waals surface area contributed by atoms with Crippen molar-refractivity contribution in [2.75, 3.05) is 0 Å². The van der Waals surface area contributed by atoms with Crippen molar-refractivity contribution in [3.8, 4) is 11.4 Å². The van der Waals surface area contributed by atoms with Crippen LogP contribution in [-0.4, -0.2) is 126 Å². The number of carbonyl (C=O) groups is 11. The minimum Gasteiger partial charge on any atom is -0.329 e. The first-order valence-corrected chi connectivity index (χ1v) is 45.8. The summed E-state index contributed by atoms with van der Waals surface area (Å²) >= 11 is 0. The normalized spacial score (nSPS) is 20.4. The fourth-order valence-electron chi connectivity index (χ4n) is 17.7. The summed E-state index contributed by atoms with van der Waals surface area (Å²) in [5.41, 5.74) is 13.5. The number of pyridine rings is 1. The minimum absolute atomic E-state index is 0.0231. The van der Waals surface area contributed by atoms with E-state index in [9.17, 15) is 67.1 Å². The average molecular weight is 1840 g/mol. The Morgan fingerprint density at radius 3 is 1.21 bits per heavy atom. The second kappa shape index (κ2) is 38.6. The smallest absolute Gasteiger partial charge is 0.329 e. The molecule has 6 unspecified atom stereocenters. The third-order valence-corrected chi connectivity index (χ3v) is 25.7. The predicted octanol–water partition coefficient (Wildman–Crippen LogP) is 14.8. The van der Waals surface area contributed by atoms with E-state index in [-0.39, 0.29) is 108 Å². The molecule has 11 amide bonds. The van der Waals surface area contributed by atoms with Crippen LogP contribution >= 0.6 is 0 Å². The van der Waals surface area contributed by atoms with Crippen LogP contribution in [-0.2, 0) is 74.8 Å². The lowest BCUT2D eigenvalue weighted by atomic mass is 9.82. The lowest BCUT2D eigenvalue weighted by molar-refractivity contribution is -0.126. The van der Waals surface area contributed by atoms with Gasteiger partial charge in [-0.15, -0.1) is 5.10 Å². The van der Waals surface area contributed by atoms with E-state index in [1.165, 1.54) is 30.6 Å². The Kier molecular flexibility index (Phi) is 28.6. The number of benzene rings is 5. The van der Waals surface area contributed by atoms with Gasteiger partial charge < -0.3 is 41.4 Å². The van der Waals surface area contributed by atoms with Gasteiger partial charge >= 0.3 is 5.69 Å². The summed E-state index contributed by atoms with van der Waals surface area (Å²) in [6, 6.07) is 30.5. The summed E-state index contributed by atoms with van der Waals surface area (Å²) in [6.45, 7) is 60.6. The van der Waals surface area contributed by atoms with Crippen LogP contribution in [0.5, 0.6) is 0 Å². The SMILES string of the molecule is C=C1CCC(N2C(=O)c3ccc(C(C)(C)C)cc3C2=O)C(=O)N1.C=C1CCC(N2C(=O)c3cccc(C(C)(C)C)c3C2=O)C(=O)N1.C=C1CCC(N2Cc3c(cccc3C(C)(C)C)C2=O)C(=O)N1.C=C1CCC(n2ccc3cc(C(C)(C)C)ccc3c2=O)C(=O)N1.C=C1CCC(n2nc(-c3ccc(C(C)(C)C)cc3)n(C)c2=O)C(=O)N1.C=C1CCC(n2ncc(C(C)(C)C)cc2=O)C(=O)N1. The Hall–Kier alpha value is -13.9. The maximum atomic E-state index is 12.9. The Balaban J connectivity index is 0.000000146. The molecule has 0 radical (unpaired) electrons. The van der Waals surface area contributed by atoms with Gasteiger partial charge in [0.25, 0.3) is 40.7 Å². The van der Waals surface area contributed by atoms with Crippen LogP contribution in [0, 0.1) is 0 Å². The highest BCUT2D eigenvalue weighted by Crippen LogP contribution is 2.40. The van der Waals surface area contributed by atoms with Crippen LogP contribution in [0.2, 0.25) is 0 Å². The van der Waals surface area contributed by atoms with Gasteiger partial charge in [-0.25, -0.2) is 14.2 Å². The second-order valence-electron chi connectivity index (χ2n) is 42.1. The van der Waals surface area contributed by atoms with E-state index >= 15 is 0 Å². The molecule has 6 fully saturated rings. The third-order valence-electron chi connectivity index (χ3n) is 25.7. The lowest BCUT2D eigenvalue weighted by Gasteiger charge is -2.31.